The van der Waals surface area contributed by atoms with Crippen molar-refractivity contribution in [3.63, 3.8) is 0 Å². The molecule has 0 spiro atoms. The van der Waals surface area contributed by atoms with Crippen molar-refractivity contribution < 1.29 is 4.74 Å². The Labute approximate surface area is 90.6 Å². The molecule has 0 radical (unpaired) electrons. The fourth-order valence-corrected chi connectivity index (χ4v) is 2.37. The Balaban J connectivity index is 1.77. The minimum absolute atomic E-state index is 0.806. The van der Waals surface area contributed by atoms with Crippen LogP contribution in [0.4, 0.5) is 0 Å². The van der Waals surface area contributed by atoms with Crippen LogP contribution in [0.2, 0.25) is 0 Å². The number of ether oxygens (including phenoxy) is 1. The highest BCUT2D eigenvalue weighted by molar-refractivity contribution is 5.33. The fourth-order valence-electron chi connectivity index (χ4n) is 2.37. The van der Waals surface area contributed by atoms with Gasteiger partial charge in [-0.2, -0.15) is 0 Å². The summed E-state index contributed by atoms with van der Waals surface area (Å²) in [5, 5.41) is 3.32. The molecule has 2 heteroatoms. The topological polar surface area (TPSA) is 21.3 Å². The first-order valence-electron chi connectivity index (χ1n) is 5.81. The molecular weight excluding hydrogens is 186 g/mol. The molecule has 1 aromatic rings. The average Bonchev–Trinajstić information content (AvgIpc) is 2.23. The molecule has 2 nitrogen and oxygen atoms in total. The Morgan fingerprint density at radius 1 is 1.27 bits per heavy atom. The minimum Gasteiger partial charge on any atom is -0.376 e. The van der Waals surface area contributed by atoms with Gasteiger partial charge >= 0.3 is 0 Å². The second-order valence-electron chi connectivity index (χ2n) is 4.63. The summed E-state index contributed by atoms with van der Waals surface area (Å²) in [7, 11) is 0. The molecule has 2 aliphatic heterocycles. The quantitative estimate of drug-likeness (QED) is 0.787. The Kier molecular flexibility index (Phi) is 2.47. The smallest absolute Gasteiger partial charge is 0.0719 e. The van der Waals surface area contributed by atoms with Gasteiger partial charge in [0.15, 0.2) is 0 Å². The van der Waals surface area contributed by atoms with Crippen molar-refractivity contribution >= 4 is 0 Å². The molecule has 2 heterocycles. The van der Waals surface area contributed by atoms with Gasteiger partial charge in [-0.25, -0.2) is 0 Å². The van der Waals surface area contributed by atoms with E-state index in [1.165, 1.54) is 36.2 Å². The lowest BCUT2D eigenvalue weighted by Gasteiger charge is -2.27. The van der Waals surface area contributed by atoms with Gasteiger partial charge in [-0.3, -0.25) is 0 Å². The van der Waals surface area contributed by atoms with E-state index < -0.39 is 0 Å². The molecule has 80 valence electrons. The van der Waals surface area contributed by atoms with Gasteiger partial charge in [0, 0.05) is 0 Å². The zero-order valence-electron chi connectivity index (χ0n) is 8.96. The number of rotatable bonds is 2. The first-order chi connectivity index (χ1) is 7.42. The molecule has 15 heavy (non-hydrogen) atoms. The van der Waals surface area contributed by atoms with Crippen LogP contribution in [0.15, 0.2) is 18.2 Å². The molecule has 0 saturated carbocycles. The van der Waals surface area contributed by atoms with Crippen molar-refractivity contribution in [1.29, 1.82) is 0 Å². The van der Waals surface area contributed by atoms with Gasteiger partial charge in [-0.15, -0.1) is 0 Å². The molecule has 0 amide bonds. The second-order valence-corrected chi connectivity index (χ2v) is 4.63. The lowest BCUT2D eigenvalue weighted by atomic mass is 9.91. The van der Waals surface area contributed by atoms with Crippen LogP contribution < -0.4 is 5.32 Å². The number of nitrogens with one attached hydrogen (secondary N) is 1. The Morgan fingerprint density at radius 3 is 3.00 bits per heavy atom. The van der Waals surface area contributed by atoms with Crippen LogP contribution in [0.25, 0.3) is 0 Å². The monoisotopic (exact) mass is 203 g/mol. The fraction of sp³-hybridized carbons (Fsp3) is 0.538. The molecule has 2 aliphatic rings. The van der Waals surface area contributed by atoms with Crippen molar-refractivity contribution in [2.24, 2.45) is 5.92 Å². The summed E-state index contributed by atoms with van der Waals surface area (Å²) in [5.74, 6) is 0.864. The number of benzene rings is 1. The molecular formula is C13H17NO. The predicted octanol–water partition coefficient (Wildman–Crippen LogP) is 1.52. The van der Waals surface area contributed by atoms with E-state index in [4.69, 9.17) is 4.74 Å². The number of hydrogen-bond donors (Lipinski definition) is 1. The lowest BCUT2D eigenvalue weighted by molar-refractivity contribution is 0.110. The van der Waals surface area contributed by atoms with Crippen LogP contribution in [-0.2, 0) is 24.2 Å². The first-order valence-corrected chi connectivity index (χ1v) is 5.81. The van der Waals surface area contributed by atoms with E-state index in [0.717, 1.165) is 25.6 Å². The molecule has 0 bridgehead atoms. The maximum atomic E-state index is 5.44. The van der Waals surface area contributed by atoms with E-state index >= 15 is 0 Å². The van der Waals surface area contributed by atoms with Crippen LogP contribution >= 0.6 is 0 Å². The summed E-state index contributed by atoms with van der Waals surface area (Å²) in [6, 6.07) is 6.90. The van der Waals surface area contributed by atoms with Crippen molar-refractivity contribution in [3.8, 4) is 0 Å². The van der Waals surface area contributed by atoms with Crippen LogP contribution in [0.1, 0.15) is 16.7 Å². The van der Waals surface area contributed by atoms with Gasteiger partial charge in [0.25, 0.3) is 0 Å². The molecule has 0 atom stereocenters. The molecule has 1 aromatic carbocycles. The summed E-state index contributed by atoms with van der Waals surface area (Å²) < 4.78 is 5.44. The van der Waals surface area contributed by atoms with E-state index in [1.54, 1.807) is 0 Å². The largest absolute Gasteiger partial charge is 0.376 e. The maximum absolute atomic E-state index is 5.44. The molecule has 0 unspecified atom stereocenters. The Morgan fingerprint density at radius 2 is 2.20 bits per heavy atom. The zero-order chi connectivity index (χ0) is 10.1. The minimum atomic E-state index is 0.806. The summed E-state index contributed by atoms with van der Waals surface area (Å²) in [4.78, 5) is 0. The Hall–Kier alpha value is -0.860. The third-order valence-electron chi connectivity index (χ3n) is 3.43. The molecule has 3 rings (SSSR count). The molecule has 1 saturated heterocycles. The van der Waals surface area contributed by atoms with Crippen molar-refractivity contribution in [2.75, 3.05) is 19.7 Å². The third-order valence-corrected chi connectivity index (χ3v) is 3.43. The van der Waals surface area contributed by atoms with Crippen LogP contribution in [0.5, 0.6) is 0 Å². The van der Waals surface area contributed by atoms with Gasteiger partial charge in [-0.05, 0) is 48.5 Å². The van der Waals surface area contributed by atoms with Crippen LogP contribution in [0, 0.1) is 5.92 Å². The normalized spacial score (nSPS) is 20.8. The lowest BCUT2D eigenvalue weighted by Crippen LogP contribution is -2.43. The summed E-state index contributed by atoms with van der Waals surface area (Å²) in [6.07, 6.45) is 2.33. The molecule has 0 aliphatic carbocycles. The second kappa shape index (κ2) is 3.95. The highest BCUT2D eigenvalue weighted by Crippen LogP contribution is 2.20. The van der Waals surface area contributed by atoms with Crippen LogP contribution in [-0.4, -0.2) is 19.7 Å². The SMILES string of the molecule is c1cc2c(cc1CC1CNC1)CCOC2. The van der Waals surface area contributed by atoms with Gasteiger partial charge in [0.05, 0.1) is 13.2 Å². The van der Waals surface area contributed by atoms with Crippen molar-refractivity contribution in [2.45, 2.75) is 19.4 Å². The van der Waals surface area contributed by atoms with Gasteiger partial charge < -0.3 is 10.1 Å². The predicted molar refractivity (Wildman–Crippen MR) is 59.9 cm³/mol. The van der Waals surface area contributed by atoms with Crippen LogP contribution in [0.3, 0.4) is 0 Å². The molecule has 1 N–H and O–H groups in total. The summed E-state index contributed by atoms with van der Waals surface area (Å²) in [6.45, 7) is 4.09. The number of fused-ring (bicyclic) bond motifs is 1. The Bertz CT molecular complexity index is 358. The van der Waals surface area contributed by atoms with E-state index in [1.807, 2.05) is 0 Å². The van der Waals surface area contributed by atoms with E-state index in [-0.39, 0.29) is 0 Å². The highest BCUT2D eigenvalue weighted by atomic mass is 16.5. The summed E-state index contributed by atoms with van der Waals surface area (Å²) in [5.41, 5.74) is 4.39. The first kappa shape index (κ1) is 9.37. The zero-order valence-corrected chi connectivity index (χ0v) is 8.96. The van der Waals surface area contributed by atoms with E-state index in [9.17, 15) is 0 Å². The van der Waals surface area contributed by atoms with Gasteiger partial charge in [0.2, 0.25) is 0 Å². The van der Waals surface area contributed by atoms with Crippen molar-refractivity contribution in [3.05, 3.63) is 34.9 Å². The standard InChI is InChI=1S/C13H17NO/c1-2-13-9-15-4-3-12(13)6-10(1)5-11-7-14-8-11/h1-2,6,11,14H,3-5,7-9H2. The van der Waals surface area contributed by atoms with Gasteiger partial charge in [0.1, 0.15) is 0 Å². The van der Waals surface area contributed by atoms with Crippen molar-refractivity contribution in [1.82, 2.24) is 5.32 Å². The maximum Gasteiger partial charge on any atom is 0.0719 e. The third kappa shape index (κ3) is 1.92. The highest BCUT2D eigenvalue weighted by Gasteiger charge is 2.17. The average molecular weight is 203 g/mol. The van der Waals surface area contributed by atoms with E-state index in [0.29, 0.717) is 0 Å². The van der Waals surface area contributed by atoms with Gasteiger partial charge in [-0.1, -0.05) is 18.2 Å². The number of hydrogen-bond acceptors (Lipinski definition) is 2. The molecule has 0 aromatic heterocycles. The summed E-state index contributed by atoms with van der Waals surface area (Å²) >= 11 is 0. The van der Waals surface area contributed by atoms with E-state index in [2.05, 4.69) is 23.5 Å². The molecule has 1 fully saturated rings.